The van der Waals surface area contributed by atoms with E-state index in [1.807, 2.05) is 0 Å². The van der Waals surface area contributed by atoms with Crippen molar-refractivity contribution in [1.29, 1.82) is 0 Å². The maximum Gasteiger partial charge on any atom is 0.153 e. The van der Waals surface area contributed by atoms with E-state index in [4.69, 9.17) is 0 Å². The maximum absolute atomic E-state index is 11.7. The molecule has 0 amide bonds. The van der Waals surface area contributed by atoms with Crippen molar-refractivity contribution in [3.8, 4) is 0 Å². The van der Waals surface area contributed by atoms with Crippen LogP contribution in [0.4, 0.5) is 0 Å². The fourth-order valence-electron chi connectivity index (χ4n) is 1.43. The first-order chi connectivity index (χ1) is 7.79. The zero-order valence-corrected chi connectivity index (χ0v) is 12.7. The van der Waals surface area contributed by atoms with Gasteiger partial charge in [-0.25, -0.2) is 8.42 Å². The molecule has 0 heterocycles. The van der Waals surface area contributed by atoms with Crippen molar-refractivity contribution in [1.82, 2.24) is 10.2 Å². The van der Waals surface area contributed by atoms with Gasteiger partial charge in [0.15, 0.2) is 9.84 Å². The molecule has 0 saturated carbocycles. The molecule has 0 aliphatic heterocycles. The highest BCUT2D eigenvalue weighted by atomic mass is 32.2. The van der Waals surface area contributed by atoms with Crippen LogP contribution in [0.2, 0.25) is 0 Å². The molecule has 4 nitrogen and oxygen atoms in total. The van der Waals surface area contributed by atoms with E-state index >= 15 is 0 Å². The summed E-state index contributed by atoms with van der Waals surface area (Å²) in [6.45, 7) is 13.1. The molecule has 0 aromatic carbocycles. The second-order valence-corrected chi connectivity index (χ2v) is 7.64. The molecule has 0 radical (unpaired) electrons. The van der Waals surface area contributed by atoms with Gasteiger partial charge in [0.25, 0.3) is 0 Å². The fraction of sp³-hybridized carbons (Fsp3) is 1.00. The van der Waals surface area contributed by atoms with Crippen LogP contribution in [0.5, 0.6) is 0 Å². The molecule has 0 unspecified atom stereocenters. The van der Waals surface area contributed by atoms with Crippen molar-refractivity contribution in [2.24, 2.45) is 0 Å². The van der Waals surface area contributed by atoms with Gasteiger partial charge in [-0.2, -0.15) is 0 Å². The molecule has 5 heteroatoms. The lowest BCUT2D eigenvalue weighted by Crippen LogP contribution is -2.38. The first-order valence-corrected chi connectivity index (χ1v) is 8.18. The Balaban J connectivity index is 3.98. The van der Waals surface area contributed by atoms with Crippen molar-refractivity contribution in [3.63, 3.8) is 0 Å². The van der Waals surface area contributed by atoms with Crippen molar-refractivity contribution in [3.05, 3.63) is 0 Å². The highest BCUT2D eigenvalue weighted by molar-refractivity contribution is 7.92. The van der Waals surface area contributed by atoms with E-state index in [0.717, 1.165) is 19.6 Å². The van der Waals surface area contributed by atoms with Crippen molar-refractivity contribution in [2.75, 3.05) is 31.9 Å². The summed E-state index contributed by atoms with van der Waals surface area (Å²) in [5.74, 6) is 0.264. The van der Waals surface area contributed by atoms with E-state index < -0.39 is 9.84 Å². The molecule has 0 saturated heterocycles. The average molecular weight is 264 g/mol. The van der Waals surface area contributed by atoms with Crippen molar-refractivity contribution >= 4 is 9.84 Å². The zero-order valence-electron chi connectivity index (χ0n) is 11.9. The van der Waals surface area contributed by atoms with Gasteiger partial charge in [-0.1, -0.05) is 20.8 Å². The van der Waals surface area contributed by atoms with Crippen LogP contribution in [-0.4, -0.2) is 56.5 Å². The van der Waals surface area contributed by atoms with Gasteiger partial charge >= 0.3 is 0 Å². The van der Waals surface area contributed by atoms with Crippen molar-refractivity contribution < 1.29 is 8.42 Å². The third-order valence-electron chi connectivity index (χ3n) is 2.84. The third kappa shape index (κ3) is 7.73. The molecule has 0 fully saturated rings. The number of hydrogen-bond acceptors (Lipinski definition) is 4. The molecule has 0 spiro atoms. The summed E-state index contributed by atoms with van der Waals surface area (Å²) in [6.07, 6.45) is 0. The van der Waals surface area contributed by atoms with Gasteiger partial charge in [0, 0.05) is 25.7 Å². The summed E-state index contributed by atoms with van der Waals surface area (Å²) < 4.78 is 23.4. The minimum Gasteiger partial charge on any atom is -0.313 e. The Kier molecular flexibility index (Phi) is 8.00. The topological polar surface area (TPSA) is 49.4 Å². The van der Waals surface area contributed by atoms with Gasteiger partial charge < -0.3 is 10.2 Å². The maximum atomic E-state index is 11.7. The Hall–Kier alpha value is -0.130. The molecule has 17 heavy (non-hydrogen) atoms. The largest absolute Gasteiger partial charge is 0.313 e. The summed E-state index contributed by atoms with van der Waals surface area (Å²) in [5, 5.41) is 3.07. The molecule has 0 aromatic heterocycles. The second-order valence-electron chi connectivity index (χ2n) is 4.96. The molecular formula is C12H28N2O2S. The summed E-state index contributed by atoms with van der Waals surface area (Å²) in [7, 11) is -2.91. The van der Waals surface area contributed by atoms with Crippen LogP contribution in [0.25, 0.3) is 0 Å². The number of nitrogens with one attached hydrogen (secondary N) is 1. The van der Waals surface area contributed by atoms with Gasteiger partial charge in [0.05, 0.1) is 11.0 Å². The first kappa shape index (κ1) is 16.9. The monoisotopic (exact) mass is 264 g/mol. The Morgan fingerprint density at radius 2 is 1.71 bits per heavy atom. The molecular weight excluding hydrogens is 236 g/mol. The van der Waals surface area contributed by atoms with Crippen LogP contribution in [0.3, 0.4) is 0 Å². The van der Waals surface area contributed by atoms with Crippen LogP contribution in [0.1, 0.15) is 34.6 Å². The van der Waals surface area contributed by atoms with E-state index in [2.05, 4.69) is 31.0 Å². The van der Waals surface area contributed by atoms with Crippen LogP contribution < -0.4 is 5.32 Å². The van der Waals surface area contributed by atoms with Gasteiger partial charge in [-0.15, -0.1) is 0 Å². The van der Waals surface area contributed by atoms with Gasteiger partial charge in [-0.3, -0.25) is 0 Å². The summed E-state index contributed by atoms with van der Waals surface area (Å²) in [6, 6.07) is 0.480. The molecule has 0 bridgehead atoms. The van der Waals surface area contributed by atoms with E-state index in [9.17, 15) is 8.42 Å². The zero-order chi connectivity index (χ0) is 13.5. The van der Waals surface area contributed by atoms with Crippen molar-refractivity contribution in [2.45, 2.75) is 45.9 Å². The van der Waals surface area contributed by atoms with Crippen LogP contribution >= 0.6 is 0 Å². The Morgan fingerprint density at radius 3 is 2.12 bits per heavy atom. The van der Waals surface area contributed by atoms with Gasteiger partial charge in [0.2, 0.25) is 0 Å². The minimum atomic E-state index is -2.91. The standard InChI is InChI=1S/C12H28N2O2S/c1-6-14(8-7-13-11(2)3)9-10-17(15,16)12(4)5/h11-13H,6-10H2,1-5H3. The molecule has 1 N–H and O–H groups in total. The van der Waals surface area contributed by atoms with E-state index in [1.165, 1.54) is 0 Å². The number of likely N-dealkylation sites (N-methyl/N-ethyl adjacent to an activating group) is 1. The predicted molar refractivity (Wildman–Crippen MR) is 74.2 cm³/mol. The fourth-order valence-corrected chi connectivity index (χ4v) is 2.42. The minimum absolute atomic E-state index is 0.264. The first-order valence-electron chi connectivity index (χ1n) is 6.47. The number of sulfone groups is 1. The molecule has 0 aromatic rings. The lowest BCUT2D eigenvalue weighted by molar-refractivity contribution is 0.299. The lowest BCUT2D eigenvalue weighted by Gasteiger charge is -2.21. The van der Waals surface area contributed by atoms with E-state index in [0.29, 0.717) is 12.6 Å². The second kappa shape index (κ2) is 8.06. The summed E-state index contributed by atoms with van der Waals surface area (Å²) in [5.41, 5.74) is 0. The lowest BCUT2D eigenvalue weighted by atomic mass is 10.4. The van der Waals surface area contributed by atoms with Crippen LogP contribution in [0, 0.1) is 0 Å². The quantitative estimate of drug-likeness (QED) is 0.678. The van der Waals surface area contributed by atoms with Gasteiger partial charge in [0.1, 0.15) is 0 Å². The Morgan fingerprint density at radius 1 is 1.12 bits per heavy atom. The number of rotatable bonds is 9. The van der Waals surface area contributed by atoms with Crippen LogP contribution in [-0.2, 0) is 9.84 Å². The third-order valence-corrected chi connectivity index (χ3v) is 5.03. The molecule has 0 aliphatic carbocycles. The Bertz CT molecular complexity index is 287. The van der Waals surface area contributed by atoms with E-state index in [1.54, 1.807) is 13.8 Å². The summed E-state index contributed by atoms with van der Waals surface area (Å²) in [4.78, 5) is 2.18. The van der Waals surface area contributed by atoms with E-state index in [-0.39, 0.29) is 11.0 Å². The predicted octanol–water partition coefficient (Wildman–Crippen LogP) is 1.13. The summed E-state index contributed by atoms with van der Waals surface area (Å²) >= 11 is 0. The Labute approximate surface area is 107 Å². The molecule has 0 rings (SSSR count). The average Bonchev–Trinajstić information content (AvgIpc) is 2.22. The highest BCUT2D eigenvalue weighted by Crippen LogP contribution is 2.01. The molecule has 0 aliphatic rings. The molecule has 104 valence electrons. The normalized spacial score (nSPS) is 12.9. The number of nitrogens with zero attached hydrogens (tertiary/aromatic N) is 1. The number of hydrogen-bond donors (Lipinski definition) is 1. The highest BCUT2D eigenvalue weighted by Gasteiger charge is 2.17. The smallest absolute Gasteiger partial charge is 0.153 e. The van der Waals surface area contributed by atoms with Crippen LogP contribution in [0.15, 0.2) is 0 Å². The SMILES string of the molecule is CCN(CCNC(C)C)CCS(=O)(=O)C(C)C. The molecule has 0 atom stereocenters. The van der Waals surface area contributed by atoms with Gasteiger partial charge in [-0.05, 0) is 20.4 Å².